The van der Waals surface area contributed by atoms with Crippen molar-refractivity contribution in [1.82, 2.24) is 14.4 Å². The van der Waals surface area contributed by atoms with Crippen LogP contribution in [0, 0.1) is 5.92 Å². The normalized spacial score (nSPS) is 20.3. The van der Waals surface area contributed by atoms with Gasteiger partial charge in [0, 0.05) is 38.7 Å². The summed E-state index contributed by atoms with van der Waals surface area (Å²) >= 11 is 0. The van der Waals surface area contributed by atoms with Gasteiger partial charge in [-0.05, 0) is 0 Å². The van der Waals surface area contributed by atoms with Crippen LogP contribution in [-0.2, 0) is 21.2 Å². The lowest BCUT2D eigenvalue weighted by Gasteiger charge is -2.21. The number of amides is 2. The van der Waals surface area contributed by atoms with Crippen molar-refractivity contribution < 1.29 is 22.5 Å². The van der Waals surface area contributed by atoms with Crippen LogP contribution < -0.4 is 5.73 Å². The molecule has 1 aliphatic rings. The molecule has 9 nitrogen and oxygen atoms in total. The lowest BCUT2D eigenvalue weighted by Crippen LogP contribution is -2.41. The Balaban J connectivity index is 2.22. The Morgan fingerprint density at radius 3 is 2.61 bits per heavy atom. The van der Waals surface area contributed by atoms with Gasteiger partial charge in [0.1, 0.15) is 5.76 Å². The highest BCUT2D eigenvalue weighted by molar-refractivity contribution is 7.88. The molecule has 1 aromatic rings. The van der Waals surface area contributed by atoms with E-state index in [0.717, 1.165) is 10.6 Å². The molecule has 0 spiro atoms. The van der Waals surface area contributed by atoms with Gasteiger partial charge in [0.2, 0.25) is 15.9 Å². The fourth-order valence-corrected chi connectivity index (χ4v) is 3.26. The minimum atomic E-state index is -3.48. The van der Waals surface area contributed by atoms with E-state index in [9.17, 15) is 18.0 Å². The van der Waals surface area contributed by atoms with E-state index in [1.165, 1.54) is 4.90 Å². The molecule has 10 heteroatoms. The molecule has 2 amide bonds. The zero-order valence-corrected chi connectivity index (χ0v) is 13.9. The fourth-order valence-electron chi connectivity index (χ4n) is 2.39. The Kier molecular flexibility index (Phi) is 5.05. The fraction of sp³-hybridized carbons (Fsp3) is 0.615. The van der Waals surface area contributed by atoms with E-state index in [4.69, 9.17) is 10.3 Å². The van der Waals surface area contributed by atoms with Crippen molar-refractivity contribution in [3.63, 3.8) is 0 Å². The predicted octanol–water partition coefficient (Wildman–Crippen LogP) is -0.944. The Morgan fingerprint density at radius 1 is 1.39 bits per heavy atom. The van der Waals surface area contributed by atoms with Crippen LogP contribution >= 0.6 is 0 Å². The van der Waals surface area contributed by atoms with Gasteiger partial charge in [-0.3, -0.25) is 9.59 Å². The molecular weight excluding hydrogens is 324 g/mol. The molecule has 1 unspecified atom stereocenters. The topological polar surface area (TPSA) is 127 Å². The Bertz CT molecular complexity index is 699. The maximum Gasteiger partial charge on any atom is 0.276 e. The molecule has 1 saturated heterocycles. The molecule has 128 valence electrons. The minimum Gasteiger partial charge on any atom is -0.369 e. The highest BCUT2D eigenvalue weighted by Gasteiger charge is 2.33. The van der Waals surface area contributed by atoms with Crippen LogP contribution in [0.5, 0.6) is 0 Å². The largest absolute Gasteiger partial charge is 0.369 e. The molecule has 1 fully saturated rings. The quantitative estimate of drug-likeness (QED) is 0.751. The average Bonchev–Trinajstić information content (AvgIpc) is 2.82. The van der Waals surface area contributed by atoms with Crippen LogP contribution in [0.2, 0.25) is 0 Å². The van der Waals surface area contributed by atoms with Crippen LogP contribution in [0.1, 0.15) is 23.2 Å². The number of carbonyl (C=O) groups excluding carboxylic acids is 2. The maximum absolute atomic E-state index is 12.5. The summed E-state index contributed by atoms with van der Waals surface area (Å²) in [4.78, 5) is 25.4. The summed E-state index contributed by atoms with van der Waals surface area (Å²) in [6.07, 6.45) is 1.67. The third-order valence-electron chi connectivity index (χ3n) is 3.77. The van der Waals surface area contributed by atoms with Gasteiger partial charge in [0.25, 0.3) is 5.91 Å². The molecular formula is C13H20N4O5S. The van der Waals surface area contributed by atoms with Crippen molar-refractivity contribution in [1.29, 1.82) is 0 Å². The number of rotatable bonds is 4. The number of hydrogen-bond donors (Lipinski definition) is 1. The molecule has 0 aromatic carbocycles. The van der Waals surface area contributed by atoms with Crippen LogP contribution in [0.25, 0.3) is 0 Å². The highest BCUT2D eigenvalue weighted by Crippen LogP contribution is 2.15. The van der Waals surface area contributed by atoms with E-state index in [1.807, 2.05) is 6.92 Å². The molecule has 2 N–H and O–H groups in total. The second-order valence-electron chi connectivity index (χ2n) is 5.50. The molecule has 2 heterocycles. The van der Waals surface area contributed by atoms with Crippen molar-refractivity contribution in [2.75, 3.05) is 32.4 Å². The molecule has 2 rings (SSSR count). The van der Waals surface area contributed by atoms with E-state index in [0.29, 0.717) is 12.2 Å². The van der Waals surface area contributed by atoms with Crippen LogP contribution in [0.3, 0.4) is 0 Å². The first-order valence-corrected chi connectivity index (χ1v) is 9.06. The smallest absolute Gasteiger partial charge is 0.276 e. The number of sulfonamides is 1. The van der Waals surface area contributed by atoms with E-state index in [2.05, 4.69) is 5.16 Å². The summed E-state index contributed by atoms with van der Waals surface area (Å²) in [5.74, 6) is -1.25. The summed E-state index contributed by atoms with van der Waals surface area (Å²) in [5, 5.41) is 3.72. The molecule has 1 aromatic heterocycles. The monoisotopic (exact) mass is 344 g/mol. The molecule has 1 atom stereocenters. The predicted molar refractivity (Wildman–Crippen MR) is 80.9 cm³/mol. The Labute approximate surface area is 134 Å². The van der Waals surface area contributed by atoms with E-state index < -0.39 is 27.8 Å². The van der Waals surface area contributed by atoms with Crippen molar-refractivity contribution >= 4 is 21.8 Å². The SMILES string of the molecule is CCc1cc(C(=O)N2CCN(S(C)(=O)=O)CC(C(N)=O)C2)no1. The Hall–Kier alpha value is -1.94. The van der Waals surface area contributed by atoms with Gasteiger partial charge in [-0.15, -0.1) is 0 Å². The Morgan fingerprint density at radius 2 is 2.09 bits per heavy atom. The van der Waals surface area contributed by atoms with Gasteiger partial charge in [0.05, 0.1) is 12.2 Å². The minimum absolute atomic E-state index is 0.0308. The number of primary amides is 1. The molecule has 23 heavy (non-hydrogen) atoms. The average molecular weight is 344 g/mol. The third kappa shape index (κ3) is 4.08. The zero-order valence-electron chi connectivity index (χ0n) is 13.1. The first-order chi connectivity index (χ1) is 10.7. The number of nitrogens with zero attached hydrogens (tertiary/aromatic N) is 3. The second-order valence-corrected chi connectivity index (χ2v) is 7.49. The van der Waals surface area contributed by atoms with Crippen LogP contribution in [-0.4, -0.2) is 67.0 Å². The summed E-state index contributed by atoms with van der Waals surface area (Å²) in [6.45, 7) is 2.15. The lowest BCUT2D eigenvalue weighted by molar-refractivity contribution is -0.122. The summed E-state index contributed by atoms with van der Waals surface area (Å²) < 4.78 is 29.7. The standard InChI is InChI=1S/C13H20N4O5S/c1-3-10-6-11(15-22-10)13(19)16-4-5-17(23(2,20)21)8-9(7-16)12(14)18/h6,9H,3-5,7-8H2,1-2H3,(H2,14,18). The molecule has 0 saturated carbocycles. The number of hydrogen-bond acceptors (Lipinski definition) is 6. The number of carbonyl (C=O) groups is 2. The van der Waals surface area contributed by atoms with Gasteiger partial charge < -0.3 is 15.2 Å². The van der Waals surface area contributed by atoms with Gasteiger partial charge in [-0.2, -0.15) is 4.31 Å². The summed E-state index contributed by atoms with van der Waals surface area (Å²) in [7, 11) is -3.48. The highest BCUT2D eigenvalue weighted by atomic mass is 32.2. The van der Waals surface area contributed by atoms with Crippen molar-refractivity contribution in [3.05, 3.63) is 17.5 Å². The van der Waals surface area contributed by atoms with Gasteiger partial charge >= 0.3 is 0 Å². The molecule has 0 bridgehead atoms. The molecule has 0 radical (unpaired) electrons. The van der Waals surface area contributed by atoms with E-state index in [1.54, 1.807) is 6.07 Å². The van der Waals surface area contributed by atoms with Crippen LogP contribution in [0.15, 0.2) is 10.6 Å². The number of aromatic nitrogens is 1. The number of aryl methyl sites for hydroxylation is 1. The summed E-state index contributed by atoms with van der Waals surface area (Å²) in [5.41, 5.74) is 5.47. The zero-order chi connectivity index (χ0) is 17.2. The summed E-state index contributed by atoms with van der Waals surface area (Å²) in [6, 6.07) is 1.54. The second kappa shape index (κ2) is 6.67. The van der Waals surface area contributed by atoms with E-state index >= 15 is 0 Å². The van der Waals surface area contributed by atoms with Gasteiger partial charge in [-0.1, -0.05) is 12.1 Å². The first kappa shape index (κ1) is 17.4. The number of nitrogens with two attached hydrogens (primary N) is 1. The van der Waals surface area contributed by atoms with Crippen molar-refractivity contribution in [2.45, 2.75) is 13.3 Å². The molecule has 0 aliphatic carbocycles. The lowest BCUT2D eigenvalue weighted by atomic mass is 10.1. The maximum atomic E-state index is 12.5. The van der Waals surface area contributed by atoms with Crippen LogP contribution in [0.4, 0.5) is 0 Å². The molecule has 1 aliphatic heterocycles. The van der Waals surface area contributed by atoms with Crippen molar-refractivity contribution in [2.24, 2.45) is 11.7 Å². The van der Waals surface area contributed by atoms with E-state index in [-0.39, 0.29) is 31.9 Å². The third-order valence-corrected chi connectivity index (χ3v) is 5.04. The van der Waals surface area contributed by atoms with Crippen molar-refractivity contribution in [3.8, 4) is 0 Å². The van der Waals surface area contributed by atoms with Gasteiger partial charge in [-0.25, -0.2) is 8.42 Å². The van der Waals surface area contributed by atoms with Gasteiger partial charge in [0.15, 0.2) is 5.69 Å². The first-order valence-electron chi connectivity index (χ1n) is 7.21.